The van der Waals surface area contributed by atoms with Crippen molar-refractivity contribution < 1.29 is 4.74 Å². The van der Waals surface area contributed by atoms with Crippen LogP contribution in [0.15, 0.2) is 39.4 Å². The summed E-state index contributed by atoms with van der Waals surface area (Å²) in [6.45, 7) is 0. The maximum Gasteiger partial charge on any atom is 0.217 e. The number of benzene rings is 1. The van der Waals surface area contributed by atoms with Gasteiger partial charge in [0.15, 0.2) is 0 Å². The van der Waals surface area contributed by atoms with Gasteiger partial charge in [0, 0.05) is 17.6 Å². The van der Waals surface area contributed by atoms with Gasteiger partial charge in [-0.3, -0.25) is 0 Å². The lowest BCUT2D eigenvalue weighted by Gasteiger charge is -2.07. The number of hydrogen-bond donors (Lipinski definition) is 0. The highest BCUT2D eigenvalue weighted by Crippen LogP contribution is 2.31. The molecule has 78 valence electrons. The molecule has 0 fully saturated rings. The molecule has 0 spiro atoms. The predicted octanol–water partition coefficient (Wildman–Crippen LogP) is 3.74. The summed E-state index contributed by atoms with van der Waals surface area (Å²) >= 11 is 6.82. The fourth-order valence-corrected chi connectivity index (χ4v) is 2.26. The maximum atomic E-state index is 5.67. The largest absolute Gasteiger partial charge is 0.438 e. The molecule has 0 aliphatic heterocycles. The van der Waals surface area contributed by atoms with Crippen molar-refractivity contribution in [2.75, 3.05) is 0 Å². The summed E-state index contributed by atoms with van der Waals surface area (Å²) in [4.78, 5) is 0. The van der Waals surface area contributed by atoms with Crippen LogP contribution in [0.4, 0.5) is 0 Å². The zero-order chi connectivity index (χ0) is 10.8. The van der Waals surface area contributed by atoms with E-state index < -0.39 is 0 Å². The van der Waals surface area contributed by atoms with Crippen LogP contribution in [0.5, 0.6) is 11.6 Å². The van der Waals surface area contributed by atoms with E-state index in [4.69, 9.17) is 4.74 Å². The second kappa shape index (κ2) is 4.37. The quantitative estimate of drug-likeness (QED) is 0.838. The van der Waals surface area contributed by atoms with Crippen molar-refractivity contribution in [2.24, 2.45) is 7.05 Å². The Balaban J connectivity index is 2.29. The Bertz CT molecular complexity index is 482. The van der Waals surface area contributed by atoms with Crippen LogP contribution < -0.4 is 4.74 Å². The molecule has 0 saturated carbocycles. The van der Waals surface area contributed by atoms with Crippen molar-refractivity contribution in [3.8, 4) is 11.6 Å². The van der Waals surface area contributed by atoms with Gasteiger partial charge < -0.3 is 4.74 Å². The minimum absolute atomic E-state index is 0.707. The molecule has 0 amide bonds. The Hall–Kier alpha value is -0.810. The summed E-state index contributed by atoms with van der Waals surface area (Å²) in [5, 5.41) is 4.03. The SMILES string of the molecule is Cn1nccc1Oc1ccc(Br)cc1Br. The van der Waals surface area contributed by atoms with E-state index in [2.05, 4.69) is 37.0 Å². The molecule has 0 radical (unpaired) electrons. The van der Waals surface area contributed by atoms with Gasteiger partial charge in [-0.2, -0.15) is 5.10 Å². The molecule has 0 aliphatic rings. The average molecular weight is 332 g/mol. The molecule has 1 aromatic heterocycles. The van der Waals surface area contributed by atoms with Gasteiger partial charge in [-0.15, -0.1) is 0 Å². The monoisotopic (exact) mass is 330 g/mol. The lowest BCUT2D eigenvalue weighted by molar-refractivity contribution is 0.428. The molecular weight excluding hydrogens is 324 g/mol. The number of ether oxygens (including phenoxy) is 1. The first-order chi connectivity index (χ1) is 7.16. The highest BCUT2D eigenvalue weighted by molar-refractivity contribution is 9.11. The summed E-state index contributed by atoms with van der Waals surface area (Å²) in [5.41, 5.74) is 0. The number of nitrogens with zero attached hydrogens (tertiary/aromatic N) is 2. The molecule has 1 heterocycles. The average Bonchev–Trinajstić information content (AvgIpc) is 2.57. The van der Waals surface area contributed by atoms with Crippen molar-refractivity contribution in [1.29, 1.82) is 0 Å². The first-order valence-corrected chi connectivity index (χ1v) is 5.86. The molecule has 2 rings (SSSR count). The molecule has 0 bridgehead atoms. The molecule has 5 heteroatoms. The molecule has 3 nitrogen and oxygen atoms in total. The van der Waals surface area contributed by atoms with Gasteiger partial charge >= 0.3 is 0 Å². The number of aromatic nitrogens is 2. The van der Waals surface area contributed by atoms with Crippen molar-refractivity contribution in [1.82, 2.24) is 9.78 Å². The molecule has 0 saturated heterocycles. The van der Waals surface area contributed by atoms with Crippen LogP contribution in [0.1, 0.15) is 0 Å². The summed E-state index contributed by atoms with van der Waals surface area (Å²) in [5.74, 6) is 1.47. The van der Waals surface area contributed by atoms with Gasteiger partial charge in [0.1, 0.15) is 5.75 Å². The Morgan fingerprint density at radius 2 is 2.07 bits per heavy atom. The Kier molecular flexibility index (Phi) is 3.11. The lowest BCUT2D eigenvalue weighted by Crippen LogP contribution is -1.95. The Labute approximate surface area is 104 Å². The molecule has 1 aromatic carbocycles. The Morgan fingerprint density at radius 1 is 1.27 bits per heavy atom. The molecule has 0 atom stereocenters. The van der Waals surface area contributed by atoms with E-state index in [0.29, 0.717) is 5.88 Å². The topological polar surface area (TPSA) is 27.1 Å². The smallest absolute Gasteiger partial charge is 0.217 e. The maximum absolute atomic E-state index is 5.67. The summed E-state index contributed by atoms with van der Waals surface area (Å²) < 4.78 is 9.25. The molecule has 15 heavy (non-hydrogen) atoms. The van der Waals surface area contributed by atoms with E-state index in [1.807, 2.05) is 31.3 Å². The number of hydrogen-bond acceptors (Lipinski definition) is 2. The van der Waals surface area contributed by atoms with E-state index in [1.165, 1.54) is 0 Å². The van der Waals surface area contributed by atoms with E-state index >= 15 is 0 Å². The van der Waals surface area contributed by atoms with E-state index in [0.717, 1.165) is 14.7 Å². The number of rotatable bonds is 2. The second-order valence-corrected chi connectivity index (χ2v) is 4.74. The second-order valence-electron chi connectivity index (χ2n) is 2.97. The number of halogens is 2. The van der Waals surface area contributed by atoms with Gasteiger partial charge in [-0.1, -0.05) is 15.9 Å². The van der Waals surface area contributed by atoms with E-state index in [-0.39, 0.29) is 0 Å². The molecule has 0 aliphatic carbocycles. The van der Waals surface area contributed by atoms with Crippen LogP contribution in [-0.4, -0.2) is 9.78 Å². The van der Waals surface area contributed by atoms with Crippen LogP contribution in [-0.2, 0) is 7.05 Å². The summed E-state index contributed by atoms with van der Waals surface area (Å²) in [6.07, 6.45) is 1.70. The predicted molar refractivity (Wildman–Crippen MR) is 65.1 cm³/mol. The van der Waals surface area contributed by atoms with Gasteiger partial charge in [-0.25, -0.2) is 4.68 Å². The van der Waals surface area contributed by atoms with Crippen LogP contribution in [0, 0.1) is 0 Å². The van der Waals surface area contributed by atoms with Crippen molar-refractivity contribution in [3.63, 3.8) is 0 Å². The van der Waals surface area contributed by atoms with Crippen LogP contribution in [0.2, 0.25) is 0 Å². The molecule has 0 unspecified atom stereocenters. The Morgan fingerprint density at radius 3 is 2.67 bits per heavy atom. The number of aryl methyl sites for hydroxylation is 1. The van der Waals surface area contributed by atoms with Crippen LogP contribution in [0.25, 0.3) is 0 Å². The molecular formula is C10H8Br2N2O. The van der Waals surface area contributed by atoms with Crippen LogP contribution in [0.3, 0.4) is 0 Å². The van der Waals surface area contributed by atoms with Crippen molar-refractivity contribution in [3.05, 3.63) is 39.4 Å². The highest BCUT2D eigenvalue weighted by Gasteiger charge is 2.05. The third kappa shape index (κ3) is 2.41. The normalized spacial score (nSPS) is 10.3. The van der Waals surface area contributed by atoms with Crippen molar-refractivity contribution >= 4 is 31.9 Å². The minimum atomic E-state index is 0.707. The zero-order valence-electron chi connectivity index (χ0n) is 7.95. The standard InChI is InChI=1S/C10H8Br2N2O/c1-14-10(4-5-13-14)15-9-3-2-7(11)6-8(9)12/h2-6H,1H3. The summed E-state index contributed by atoms with van der Waals surface area (Å²) in [7, 11) is 1.84. The lowest BCUT2D eigenvalue weighted by atomic mass is 10.3. The fraction of sp³-hybridized carbons (Fsp3) is 0.100. The van der Waals surface area contributed by atoms with Crippen molar-refractivity contribution in [2.45, 2.75) is 0 Å². The van der Waals surface area contributed by atoms with E-state index in [1.54, 1.807) is 10.9 Å². The van der Waals surface area contributed by atoms with Crippen LogP contribution >= 0.6 is 31.9 Å². The van der Waals surface area contributed by atoms with Gasteiger partial charge in [0.2, 0.25) is 5.88 Å². The third-order valence-corrected chi connectivity index (χ3v) is 3.00. The molecule has 0 N–H and O–H groups in total. The first kappa shape index (κ1) is 10.7. The highest BCUT2D eigenvalue weighted by atomic mass is 79.9. The minimum Gasteiger partial charge on any atom is -0.438 e. The summed E-state index contributed by atoms with van der Waals surface area (Å²) in [6, 6.07) is 7.57. The van der Waals surface area contributed by atoms with Gasteiger partial charge in [0.25, 0.3) is 0 Å². The first-order valence-electron chi connectivity index (χ1n) is 4.28. The molecule has 2 aromatic rings. The van der Waals surface area contributed by atoms with E-state index in [9.17, 15) is 0 Å². The van der Waals surface area contributed by atoms with Gasteiger partial charge in [-0.05, 0) is 34.1 Å². The third-order valence-electron chi connectivity index (χ3n) is 1.88. The zero-order valence-corrected chi connectivity index (χ0v) is 11.1. The van der Waals surface area contributed by atoms with Gasteiger partial charge in [0.05, 0.1) is 10.7 Å². The fourth-order valence-electron chi connectivity index (χ4n) is 1.13.